The molecule has 1 aliphatic rings. The van der Waals surface area contributed by atoms with Crippen LogP contribution in [0.5, 0.6) is 0 Å². The molecule has 1 aromatic heterocycles. The van der Waals surface area contributed by atoms with E-state index >= 15 is 0 Å². The molecule has 120 valence electrons. The van der Waals surface area contributed by atoms with Gasteiger partial charge in [0.05, 0.1) is 12.5 Å². The fourth-order valence-corrected chi connectivity index (χ4v) is 2.18. The van der Waals surface area contributed by atoms with Crippen LogP contribution in [0.2, 0.25) is 0 Å². The minimum atomic E-state index is -0.551. The van der Waals surface area contributed by atoms with Crippen molar-refractivity contribution in [1.29, 1.82) is 0 Å². The average molecular weight is 306 g/mol. The zero-order chi connectivity index (χ0) is 16.3. The number of amides is 1. The summed E-state index contributed by atoms with van der Waals surface area (Å²) >= 11 is 0. The summed E-state index contributed by atoms with van der Waals surface area (Å²) in [5.41, 5.74) is 0.429. The maximum absolute atomic E-state index is 11.6. The Balaban J connectivity index is 1.89. The number of aromatic nitrogens is 1. The van der Waals surface area contributed by atoms with Gasteiger partial charge >= 0.3 is 12.1 Å². The second-order valence-electron chi connectivity index (χ2n) is 6.30. The zero-order valence-corrected chi connectivity index (χ0v) is 13.4. The van der Waals surface area contributed by atoms with E-state index in [1.165, 1.54) is 0 Å². The number of nitrogens with one attached hydrogen (secondary N) is 1. The summed E-state index contributed by atoms with van der Waals surface area (Å²) in [5.74, 6) is 0.378. The van der Waals surface area contributed by atoms with Gasteiger partial charge in [0.1, 0.15) is 11.4 Å². The third-order valence-electron chi connectivity index (χ3n) is 3.22. The summed E-state index contributed by atoms with van der Waals surface area (Å²) in [4.78, 5) is 27.4. The molecule has 0 saturated heterocycles. The highest BCUT2D eigenvalue weighted by molar-refractivity contribution is 5.83. The quantitative estimate of drug-likeness (QED) is 0.865. The summed E-state index contributed by atoms with van der Waals surface area (Å²) in [6.45, 7) is 7.59. The van der Waals surface area contributed by atoms with E-state index in [4.69, 9.17) is 9.47 Å². The molecule has 2 atom stereocenters. The first kappa shape index (κ1) is 16.3. The van der Waals surface area contributed by atoms with E-state index in [9.17, 15) is 9.59 Å². The van der Waals surface area contributed by atoms with Crippen LogP contribution in [0.3, 0.4) is 0 Å². The average Bonchev–Trinajstić information content (AvgIpc) is 3.18. The van der Waals surface area contributed by atoms with E-state index in [0.29, 0.717) is 12.4 Å². The van der Waals surface area contributed by atoms with Gasteiger partial charge in [0.2, 0.25) is 0 Å². The van der Waals surface area contributed by atoms with Gasteiger partial charge < -0.3 is 9.47 Å². The molecule has 1 heterocycles. The maximum atomic E-state index is 11.6. The molecule has 0 bridgehead atoms. The highest BCUT2D eigenvalue weighted by Gasteiger charge is 2.45. The van der Waals surface area contributed by atoms with Gasteiger partial charge in [-0.3, -0.25) is 10.1 Å². The summed E-state index contributed by atoms with van der Waals surface area (Å²) in [6.07, 6.45) is 1.93. The van der Waals surface area contributed by atoms with Gasteiger partial charge in [0.15, 0.2) is 0 Å². The van der Waals surface area contributed by atoms with E-state index < -0.39 is 11.7 Å². The minimum Gasteiger partial charge on any atom is -0.466 e. The van der Waals surface area contributed by atoms with Crippen molar-refractivity contribution >= 4 is 17.9 Å². The van der Waals surface area contributed by atoms with Crippen LogP contribution in [0.25, 0.3) is 0 Å². The molecule has 1 amide bonds. The number of pyridine rings is 1. The summed E-state index contributed by atoms with van der Waals surface area (Å²) in [5, 5.41) is 2.58. The van der Waals surface area contributed by atoms with Gasteiger partial charge in [0.25, 0.3) is 0 Å². The number of ether oxygens (including phenoxy) is 2. The Kier molecular flexibility index (Phi) is 4.68. The lowest BCUT2D eigenvalue weighted by Gasteiger charge is -2.19. The third-order valence-corrected chi connectivity index (χ3v) is 3.22. The van der Waals surface area contributed by atoms with Crippen molar-refractivity contribution in [2.45, 2.75) is 45.6 Å². The van der Waals surface area contributed by atoms with Crippen LogP contribution < -0.4 is 5.32 Å². The monoisotopic (exact) mass is 306 g/mol. The van der Waals surface area contributed by atoms with Gasteiger partial charge in [-0.2, -0.15) is 0 Å². The van der Waals surface area contributed by atoms with E-state index in [2.05, 4.69) is 10.3 Å². The first-order valence-electron chi connectivity index (χ1n) is 7.42. The van der Waals surface area contributed by atoms with Crippen LogP contribution in [0.1, 0.15) is 45.6 Å². The second kappa shape index (κ2) is 6.34. The molecule has 1 fully saturated rings. The number of esters is 1. The standard InChI is InChI=1S/C16H22N2O4/c1-5-21-14(19)12-8-11(12)10-6-7-13(17-9-10)18-15(20)22-16(2,3)4/h6-7,9,11-12H,5,8H2,1-4H3,(H,17,18,20)/t11-,12+/m1/s1. The molecule has 0 radical (unpaired) electrons. The van der Waals surface area contributed by atoms with Crippen molar-refractivity contribution in [1.82, 2.24) is 4.98 Å². The first-order valence-corrected chi connectivity index (χ1v) is 7.42. The fourth-order valence-electron chi connectivity index (χ4n) is 2.18. The van der Waals surface area contributed by atoms with Crippen LogP contribution in [-0.4, -0.2) is 29.3 Å². The molecule has 1 saturated carbocycles. The van der Waals surface area contributed by atoms with E-state index in [1.54, 1.807) is 40.0 Å². The number of carbonyl (C=O) groups is 2. The van der Waals surface area contributed by atoms with Gasteiger partial charge in [0, 0.05) is 6.20 Å². The predicted molar refractivity (Wildman–Crippen MR) is 81.6 cm³/mol. The number of hydrogen-bond donors (Lipinski definition) is 1. The zero-order valence-electron chi connectivity index (χ0n) is 13.4. The van der Waals surface area contributed by atoms with Crippen molar-refractivity contribution in [2.24, 2.45) is 5.92 Å². The normalized spacial score (nSPS) is 20.2. The third kappa shape index (κ3) is 4.44. The van der Waals surface area contributed by atoms with Crippen LogP contribution >= 0.6 is 0 Å². The lowest BCUT2D eigenvalue weighted by molar-refractivity contribution is -0.144. The predicted octanol–water partition coefficient (Wildman–Crippen LogP) is 3.10. The molecule has 0 spiro atoms. The fraction of sp³-hybridized carbons (Fsp3) is 0.562. The molecule has 1 N–H and O–H groups in total. The summed E-state index contributed by atoms with van der Waals surface area (Å²) in [6, 6.07) is 3.57. The van der Waals surface area contributed by atoms with Gasteiger partial charge in [-0.15, -0.1) is 0 Å². The highest BCUT2D eigenvalue weighted by atomic mass is 16.6. The highest BCUT2D eigenvalue weighted by Crippen LogP contribution is 2.48. The second-order valence-corrected chi connectivity index (χ2v) is 6.30. The Hall–Kier alpha value is -2.11. The van der Waals surface area contributed by atoms with Gasteiger partial charge in [-0.25, -0.2) is 9.78 Å². The molecule has 6 nitrogen and oxygen atoms in total. The number of hydrogen-bond acceptors (Lipinski definition) is 5. The Morgan fingerprint density at radius 3 is 2.64 bits per heavy atom. The number of nitrogens with zero attached hydrogens (tertiary/aromatic N) is 1. The smallest absolute Gasteiger partial charge is 0.413 e. The molecule has 22 heavy (non-hydrogen) atoms. The minimum absolute atomic E-state index is 0.0635. The molecule has 1 aliphatic carbocycles. The molecule has 1 aromatic rings. The van der Waals surface area contributed by atoms with E-state index in [-0.39, 0.29) is 17.8 Å². The molecule has 6 heteroatoms. The lowest BCUT2D eigenvalue weighted by Crippen LogP contribution is -2.27. The van der Waals surface area contributed by atoms with Crippen molar-refractivity contribution in [3.8, 4) is 0 Å². The van der Waals surface area contributed by atoms with Crippen LogP contribution in [0, 0.1) is 5.92 Å². The maximum Gasteiger partial charge on any atom is 0.413 e. The number of anilines is 1. The summed E-state index contributed by atoms with van der Waals surface area (Å²) in [7, 11) is 0. The SMILES string of the molecule is CCOC(=O)[C@H]1C[C@@H]1c1ccc(NC(=O)OC(C)(C)C)nc1. The van der Waals surface area contributed by atoms with Gasteiger partial charge in [-0.1, -0.05) is 6.07 Å². The van der Waals surface area contributed by atoms with Crippen molar-refractivity contribution < 1.29 is 19.1 Å². The van der Waals surface area contributed by atoms with E-state index in [0.717, 1.165) is 12.0 Å². The van der Waals surface area contributed by atoms with Crippen LogP contribution in [0.4, 0.5) is 10.6 Å². The molecule has 0 aromatic carbocycles. The Labute approximate surface area is 130 Å². The summed E-state index contributed by atoms with van der Waals surface area (Å²) < 4.78 is 10.2. The molecule has 0 aliphatic heterocycles. The van der Waals surface area contributed by atoms with Gasteiger partial charge in [-0.05, 0) is 51.7 Å². The first-order chi connectivity index (χ1) is 10.3. The molecule has 2 rings (SSSR count). The largest absolute Gasteiger partial charge is 0.466 e. The Bertz CT molecular complexity index is 548. The van der Waals surface area contributed by atoms with Crippen molar-refractivity contribution in [3.63, 3.8) is 0 Å². The number of rotatable bonds is 4. The van der Waals surface area contributed by atoms with Crippen LogP contribution in [0.15, 0.2) is 18.3 Å². The van der Waals surface area contributed by atoms with Crippen molar-refractivity contribution in [3.05, 3.63) is 23.9 Å². The Morgan fingerprint density at radius 1 is 1.36 bits per heavy atom. The number of carbonyl (C=O) groups excluding carboxylic acids is 2. The van der Waals surface area contributed by atoms with Crippen molar-refractivity contribution in [2.75, 3.05) is 11.9 Å². The Morgan fingerprint density at radius 2 is 2.09 bits per heavy atom. The van der Waals surface area contributed by atoms with E-state index in [1.807, 2.05) is 6.07 Å². The van der Waals surface area contributed by atoms with Crippen LogP contribution in [-0.2, 0) is 14.3 Å². The molecular weight excluding hydrogens is 284 g/mol. The lowest BCUT2D eigenvalue weighted by atomic mass is 10.1. The molecule has 0 unspecified atom stereocenters. The molecular formula is C16H22N2O4. The topological polar surface area (TPSA) is 77.5 Å².